The Balaban J connectivity index is 2.80. The maximum Gasteiger partial charge on any atom is 0.0666 e. The van der Waals surface area contributed by atoms with Crippen molar-refractivity contribution < 1.29 is 4.74 Å². The Kier molecular flexibility index (Phi) is 5.10. The van der Waals surface area contributed by atoms with Crippen LogP contribution < -0.4 is 5.32 Å². The third-order valence-electron chi connectivity index (χ3n) is 2.61. The first-order valence-corrected chi connectivity index (χ1v) is 5.94. The number of ether oxygens (including phenoxy) is 1. The van der Waals surface area contributed by atoms with Gasteiger partial charge in [-0.2, -0.15) is 0 Å². The van der Waals surface area contributed by atoms with Crippen molar-refractivity contribution in [2.24, 2.45) is 5.92 Å². The molecule has 0 saturated carbocycles. The quantitative estimate of drug-likeness (QED) is 0.848. The van der Waals surface area contributed by atoms with Crippen molar-refractivity contribution in [2.75, 3.05) is 19.0 Å². The molecule has 1 aromatic rings. The summed E-state index contributed by atoms with van der Waals surface area (Å²) >= 11 is 6.14. The van der Waals surface area contributed by atoms with E-state index in [1.54, 1.807) is 7.11 Å². The van der Waals surface area contributed by atoms with Gasteiger partial charge in [-0.1, -0.05) is 31.5 Å². The predicted octanol–water partition coefficient (Wildman–Crippen LogP) is 3.73. The Hall–Kier alpha value is -0.730. The molecule has 3 heteroatoms. The summed E-state index contributed by atoms with van der Waals surface area (Å²) in [6.45, 7) is 7.07. The van der Waals surface area contributed by atoms with Crippen LogP contribution >= 0.6 is 11.6 Å². The third kappa shape index (κ3) is 3.69. The summed E-state index contributed by atoms with van der Waals surface area (Å²) in [5.74, 6) is 0.497. The first-order valence-electron chi connectivity index (χ1n) is 5.56. The molecule has 1 unspecified atom stereocenters. The fourth-order valence-electron chi connectivity index (χ4n) is 1.53. The minimum Gasteiger partial charge on any atom is -0.383 e. The van der Waals surface area contributed by atoms with Crippen LogP contribution in [0.2, 0.25) is 5.02 Å². The van der Waals surface area contributed by atoms with E-state index in [0.717, 1.165) is 10.7 Å². The van der Waals surface area contributed by atoms with Gasteiger partial charge in [-0.05, 0) is 30.5 Å². The Bertz CT molecular complexity index is 339. The predicted molar refractivity (Wildman–Crippen MR) is 70.3 cm³/mol. The molecule has 0 aliphatic carbocycles. The monoisotopic (exact) mass is 241 g/mol. The van der Waals surface area contributed by atoms with Crippen LogP contribution in [-0.4, -0.2) is 19.8 Å². The maximum absolute atomic E-state index is 6.14. The van der Waals surface area contributed by atoms with Crippen molar-refractivity contribution >= 4 is 17.3 Å². The van der Waals surface area contributed by atoms with E-state index < -0.39 is 0 Å². The number of nitrogens with one attached hydrogen (secondary N) is 1. The summed E-state index contributed by atoms with van der Waals surface area (Å²) in [5.41, 5.74) is 2.18. The number of hydrogen-bond acceptors (Lipinski definition) is 2. The summed E-state index contributed by atoms with van der Waals surface area (Å²) in [7, 11) is 1.72. The molecule has 0 amide bonds. The number of aryl methyl sites for hydroxylation is 1. The van der Waals surface area contributed by atoms with Crippen molar-refractivity contribution in [1.29, 1.82) is 0 Å². The first-order chi connectivity index (χ1) is 7.54. The lowest BCUT2D eigenvalue weighted by Crippen LogP contribution is -2.30. The largest absolute Gasteiger partial charge is 0.383 e. The third-order valence-corrected chi connectivity index (χ3v) is 2.94. The molecule has 0 radical (unpaired) electrons. The molecule has 1 atom stereocenters. The van der Waals surface area contributed by atoms with Crippen LogP contribution in [0, 0.1) is 12.8 Å². The summed E-state index contributed by atoms with van der Waals surface area (Å²) in [5, 5.41) is 4.19. The SMILES string of the molecule is COCC(Nc1cc(C)ccc1Cl)C(C)C. The molecule has 0 aliphatic heterocycles. The average Bonchev–Trinajstić information content (AvgIpc) is 2.22. The van der Waals surface area contributed by atoms with Crippen molar-refractivity contribution in [1.82, 2.24) is 0 Å². The van der Waals surface area contributed by atoms with Crippen LogP contribution in [0.5, 0.6) is 0 Å². The Morgan fingerprint density at radius 1 is 1.38 bits per heavy atom. The van der Waals surface area contributed by atoms with E-state index in [4.69, 9.17) is 16.3 Å². The topological polar surface area (TPSA) is 21.3 Å². The average molecular weight is 242 g/mol. The molecule has 0 fully saturated rings. The zero-order chi connectivity index (χ0) is 12.1. The van der Waals surface area contributed by atoms with Crippen molar-refractivity contribution in [3.05, 3.63) is 28.8 Å². The Morgan fingerprint density at radius 3 is 2.62 bits per heavy atom. The van der Waals surface area contributed by atoms with Gasteiger partial charge in [-0.3, -0.25) is 0 Å². The van der Waals surface area contributed by atoms with Gasteiger partial charge in [0.15, 0.2) is 0 Å². The second-order valence-corrected chi connectivity index (χ2v) is 4.84. The molecule has 1 aromatic carbocycles. The standard InChI is InChI=1S/C13H20ClNO/c1-9(2)13(8-16-4)15-12-7-10(3)5-6-11(12)14/h5-7,9,13,15H,8H2,1-4H3. The van der Waals surface area contributed by atoms with Crippen LogP contribution in [0.1, 0.15) is 19.4 Å². The van der Waals surface area contributed by atoms with Gasteiger partial charge in [-0.15, -0.1) is 0 Å². The lowest BCUT2D eigenvalue weighted by Gasteiger charge is -2.23. The molecule has 2 nitrogen and oxygen atoms in total. The van der Waals surface area contributed by atoms with E-state index in [9.17, 15) is 0 Å². The zero-order valence-corrected chi connectivity index (χ0v) is 11.1. The summed E-state index contributed by atoms with van der Waals surface area (Å²) < 4.78 is 5.20. The van der Waals surface area contributed by atoms with Crippen LogP contribution in [0.4, 0.5) is 5.69 Å². The first kappa shape index (κ1) is 13.3. The number of benzene rings is 1. The molecule has 0 bridgehead atoms. The Morgan fingerprint density at radius 2 is 2.06 bits per heavy atom. The van der Waals surface area contributed by atoms with E-state index >= 15 is 0 Å². The van der Waals surface area contributed by atoms with Gasteiger partial charge in [0.25, 0.3) is 0 Å². The van der Waals surface area contributed by atoms with Crippen molar-refractivity contribution in [3.8, 4) is 0 Å². The smallest absolute Gasteiger partial charge is 0.0666 e. The van der Waals surface area contributed by atoms with Crippen molar-refractivity contribution in [3.63, 3.8) is 0 Å². The number of hydrogen-bond donors (Lipinski definition) is 1. The number of halogens is 1. The van der Waals surface area contributed by atoms with Crippen LogP contribution in [-0.2, 0) is 4.74 Å². The highest BCUT2D eigenvalue weighted by Crippen LogP contribution is 2.24. The van der Waals surface area contributed by atoms with E-state index in [1.807, 2.05) is 12.1 Å². The van der Waals surface area contributed by atoms with Gasteiger partial charge >= 0.3 is 0 Å². The fourth-order valence-corrected chi connectivity index (χ4v) is 1.70. The molecule has 0 heterocycles. The van der Waals surface area contributed by atoms with E-state index in [2.05, 4.69) is 32.2 Å². The van der Waals surface area contributed by atoms with Gasteiger partial charge in [0.05, 0.1) is 23.4 Å². The lowest BCUT2D eigenvalue weighted by atomic mass is 10.0. The number of anilines is 1. The highest BCUT2D eigenvalue weighted by Gasteiger charge is 2.14. The maximum atomic E-state index is 6.14. The lowest BCUT2D eigenvalue weighted by molar-refractivity contribution is 0.171. The normalized spacial score (nSPS) is 12.9. The molecule has 90 valence electrons. The molecule has 1 N–H and O–H groups in total. The molecular weight excluding hydrogens is 222 g/mol. The summed E-state index contributed by atoms with van der Waals surface area (Å²) in [4.78, 5) is 0. The van der Waals surface area contributed by atoms with E-state index in [0.29, 0.717) is 12.5 Å². The number of methoxy groups -OCH3 is 1. The van der Waals surface area contributed by atoms with E-state index in [1.165, 1.54) is 5.56 Å². The zero-order valence-electron chi connectivity index (χ0n) is 10.4. The molecular formula is C13H20ClNO. The van der Waals surface area contributed by atoms with Gasteiger partial charge in [0.1, 0.15) is 0 Å². The molecule has 0 spiro atoms. The van der Waals surface area contributed by atoms with Crippen LogP contribution in [0.3, 0.4) is 0 Å². The second kappa shape index (κ2) is 6.12. The molecule has 16 heavy (non-hydrogen) atoms. The van der Waals surface area contributed by atoms with E-state index in [-0.39, 0.29) is 6.04 Å². The molecule has 0 saturated heterocycles. The summed E-state index contributed by atoms with van der Waals surface area (Å²) in [6.07, 6.45) is 0. The van der Waals surface area contributed by atoms with Crippen molar-refractivity contribution in [2.45, 2.75) is 26.8 Å². The highest BCUT2D eigenvalue weighted by atomic mass is 35.5. The number of rotatable bonds is 5. The van der Waals surface area contributed by atoms with Gasteiger partial charge in [0, 0.05) is 7.11 Å². The van der Waals surface area contributed by atoms with Gasteiger partial charge < -0.3 is 10.1 Å². The Labute approximate surface area is 103 Å². The van der Waals surface area contributed by atoms with Gasteiger partial charge in [-0.25, -0.2) is 0 Å². The second-order valence-electron chi connectivity index (χ2n) is 4.43. The highest BCUT2D eigenvalue weighted by molar-refractivity contribution is 6.33. The molecule has 0 aromatic heterocycles. The summed E-state index contributed by atoms with van der Waals surface area (Å²) in [6, 6.07) is 6.27. The molecule has 1 rings (SSSR count). The fraction of sp³-hybridized carbons (Fsp3) is 0.538. The minimum absolute atomic E-state index is 0.282. The molecule has 0 aliphatic rings. The van der Waals surface area contributed by atoms with Crippen LogP contribution in [0.15, 0.2) is 18.2 Å². The van der Waals surface area contributed by atoms with Crippen LogP contribution in [0.25, 0.3) is 0 Å². The van der Waals surface area contributed by atoms with Gasteiger partial charge in [0.2, 0.25) is 0 Å². The minimum atomic E-state index is 0.282.